The maximum atomic E-state index is 4.79. The molecule has 0 aliphatic carbocycles. The first kappa shape index (κ1) is 21.7. The van der Waals surface area contributed by atoms with Crippen molar-refractivity contribution in [2.75, 3.05) is 46.3 Å². The van der Waals surface area contributed by atoms with Crippen molar-refractivity contribution < 1.29 is 0 Å². The molecule has 0 amide bonds. The fourth-order valence-electron chi connectivity index (χ4n) is 2.95. The second kappa shape index (κ2) is 12.9. The second-order valence-corrected chi connectivity index (χ2v) is 7.27. The highest BCUT2D eigenvalue weighted by Gasteiger charge is 2.10. The van der Waals surface area contributed by atoms with Gasteiger partial charge < -0.3 is 15.1 Å². The average Bonchev–Trinajstić information content (AvgIpc) is 3.24. The highest BCUT2D eigenvalue weighted by molar-refractivity contribution is 14.0. The minimum absolute atomic E-state index is 0. The van der Waals surface area contributed by atoms with Crippen LogP contribution in [0.4, 0.5) is 0 Å². The predicted octanol–water partition coefficient (Wildman–Crippen LogP) is 3.68. The third kappa shape index (κ3) is 8.16. The molecule has 24 heavy (non-hydrogen) atoms. The van der Waals surface area contributed by atoms with Gasteiger partial charge in [-0.2, -0.15) is 0 Å². The minimum atomic E-state index is 0. The quantitative estimate of drug-likeness (QED) is 0.262. The van der Waals surface area contributed by atoms with Crippen LogP contribution >= 0.6 is 35.3 Å². The zero-order valence-corrected chi connectivity index (χ0v) is 18.3. The molecule has 1 aliphatic rings. The predicted molar refractivity (Wildman–Crippen MR) is 117 cm³/mol. The van der Waals surface area contributed by atoms with Crippen LogP contribution in [0.3, 0.4) is 0 Å². The van der Waals surface area contributed by atoms with E-state index < -0.39 is 0 Å². The third-order valence-corrected chi connectivity index (χ3v) is 5.25. The van der Waals surface area contributed by atoms with Gasteiger partial charge in [-0.25, -0.2) is 0 Å². The van der Waals surface area contributed by atoms with E-state index in [4.69, 9.17) is 4.99 Å². The number of likely N-dealkylation sites (tertiary alicyclic amines) is 1. The number of guanidine groups is 1. The Labute approximate surface area is 168 Å². The molecule has 1 fully saturated rings. The zero-order valence-electron chi connectivity index (χ0n) is 15.2. The molecule has 0 bridgehead atoms. The molecule has 1 N–H and O–H groups in total. The van der Waals surface area contributed by atoms with Gasteiger partial charge in [0.2, 0.25) is 0 Å². The first-order chi connectivity index (χ1) is 11.3. The summed E-state index contributed by atoms with van der Waals surface area (Å²) in [5.74, 6) is 1.05. The Morgan fingerprint density at radius 2 is 2.12 bits per heavy atom. The summed E-state index contributed by atoms with van der Waals surface area (Å²) in [5, 5.41) is 5.56. The molecule has 1 saturated heterocycles. The zero-order chi connectivity index (χ0) is 16.3. The fourth-order valence-corrected chi connectivity index (χ4v) is 3.64. The number of rotatable bonds is 9. The van der Waals surface area contributed by atoms with Crippen LogP contribution in [0.25, 0.3) is 0 Å². The lowest BCUT2D eigenvalue weighted by atomic mass is 10.3. The lowest BCUT2D eigenvalue weighted by Crippen LogP contribution is -2.40. The molecular weight excluding hydrogens is 431 g/mol. The Bertz CT molecular complexity index is 444. The summed E-state index contributed by atoms with van der Waals surface area (Å²) < 4.78 is 0. The molecule has 1 aromatic heterocycles. The smallest absolute Gasteiger partial charge is 0.193 e. The minimum Gasteiger partial charge on any atom is -0.357 e. The summed E-state index contributed by atoms with van der Waals surface area (Å²) in [6.07, 6.45) is 6.31. The molecule has 0 radical (unpaired) electrons. The van der Waals surface area contributed by atoms with Crippen LogP contribution in [0.1, 0.15) is 37.5 Å². The largest absolute Gasteiger partial charge is 0.357 e. The Balaban J connectivity index is 0.00000288. The summed E-state index contributed by atoms with van der Waals surface area (Å²) >= 11 is 1.83. The van der Waals surface area contributed by atoms with Crippen molar-refractivity contribution in [2.24, 2.45) is 4.99 Å². The van der Waals surface area contributed by atoms with Crippen LogP contribution in [0.15, 0.2) is 22.5 Å². The Morgan fingerprint density at radius 1 is 1.33 bits per heavy atom. The van der Waals surface area contributed by atoms with Gasteiger partial charge in [-0.05, 0) is 70.1 Å². The number of hydrogen-bond acceptors (Lipinski definition) is 3. The second-order valence-electron chi connectivity index (χ2n) is 6.24. The molecule has 0 unspecified atom stereocenters. The van der Waals surface area contributed by atoms with E-state index in [1.807, 2.05) is 11.3 Å². The van der Waals surface area contributed by atoms with Crippen molar-refractivity contribution in [1.29, 1.82) is 0 Å². The monoisotopic (exact) mass is 464 g/mol. The van der Waals surface area contributed by atoms with Crippen molar-refractivity contribution >= 4 is 41.3 Å². The lowest BCUT2D eigenvalue weighted by Gasteiger charge is -2.22. The van der Waals surface area contributed by atoms with E-state index in [0.717, 1.165) is 32.0 Å². The molecule has 6 heteroatoms. The van der Waals surface area contributed by atoms with Crippen molar-refractivity contribution in [3.63, 3.8) is 0 Å². The number of hydrogen-bond donors (Lipinski definition) is 1. The van der Waals surface area contributed by atoms with Gasteiger partial charge in [0.15, 0.2) is 5.96 Å². The van der Waals surface area contributed by atoms with Crippen LogP contribution < -0.4 is 5.32 Å². The fraction of sp³-hybridized carbons (Fsp3) is 0.722. The van der Waals surface area contributed by atoms with E-state index in [2.05, 4.69) is 46.6 Å². The number of nitrogens with zero attached hydrogens (tertiary/aromatic N) is 3. The molecule has 0 spiro atoms. The number of aliphatic imine (C=N–C) groups is 1. The Morgan fingerprint density at radius 3 is 2.79 bits per heavy atom. The van der Waals surface area contributed by atoms with E-state index in [0.29, 0.717) is 0 Å². The normalized spacial score (nSPS) is 15.3. The molecule has 4 nitrogen and oxygen atoms in total. The van der Waals surface area contributed by atoms with Crippen molar-refractivity contribution in [1.82, 2.24) is 15.1 Å². The van der Waals surface area contributed by atoms with Crippen molar-refractivity contribution in [3.8, 4) is 0 Å². The number of halogens is 1. The van der Waals surface area contributed by atoms with Gasteiger partial charge in [-0.1, -0.05) is 6.07 Å². The number of thiophene rings is 1. The van der Waals surface area contributed by atoms with Gasteiger partial charge in [-0.3, -0.25) is 4.99 Å². The van der Waals surface area contributed by atoms with Crippen molar-refractivity contribution in [3.05, 3.63) is 22.4 Å². The number of unbranched alkanes of at least 4 members (excludes halogenated alkanes) is 1. The Hall–Kier alpha value is -0.340. The maximum Gasteiger partial charge on any atom is 0.193 e. The lowest BCUT2D eigenvalue weighted by molar-refractivity contribution is 0.331. The first-order valence-electron chi connectivity index (χ1n) is 9.03. The van der Waals surface area contributed by atoms with Gasteiger partial charge in [0.05, 0.1) is 0 Å². The summed E-state index contributed by atoms with van der Waals surface area (Å²) in [4.78, 5) is 11.1. The van der Waals surface area contributed by atoms with E-state index in [1.54, 1.807) is 0 Å². The van der Waals surface area contributed by atoms with Crippen LogP contribution in [-0.4, -0.2) is 62.1 Å². The molecule has 2 heterocycles. The van der Waals surface area contributed by atoms with Gasteiger partial charge in [0.1, 0.15) is 0 Å². The van der Waals surface area contributed by atoms with Gasteiger partial charge in [-0.15, -0.1) is 35.3 Å². The molecule has 0 saturated carbocycles. The average molecular weight is 464 g/mol. The van der Waals surface area contributed by atoms with Gasteiger partial charge in [0, 0.05) is 31.6 Å². The molecule has 0 atom stereocenters. The summed E-state index contributed by atoms with van der Waals surface area (Å²) in [7, 11) is 2.14. The van der Waals surface area contributed by atoms with Gasteiger partial charge in [0.25, 0.3) is 0 Å². The van der Waals surface area contributed by atoms with Crippen molar-refractivity contribution in [2.45, 2.75) is 39.0 Å². The summed E-state index contributed by atoms with van der Waals surface area (Å²) in [5.41, 5.74) is 0. The standard InChI is InChI=1S/C18H32N4S.HI/c1-3-19-18(21(2)15-10-17-9-8-16-23-17)20-11-4-5-12-22-13-6-7-14-22;/h8-9,16H,3-7,10-15H2,1-2H3,(H,19,20);1H. The Kier molecular flexibility index (Phi) is 11.7. The van der Waals surface area contributed by atoms with E-state index in [-0.39, 0.29) is 24.0 Å². The van der Waals surface area contributed by atoms with E-state index in [1.165, 1.54) is 50.2 Å². The maximum absolute atomic E-state index is 4.79. The van der Waals surface area contributed by atoms with E-state index >= 15 is 0 Å². The number of likely N-dealkylation sites (N-methyl/N-ethyl adjacent to an activating group) is 1. The van der Waals surface area contributed by atoms with Crippen LogP contribution in [-0.2, 0) is 6.42 Å². The number of nitrogens with one attached hydrogen (secondary N) is 1. The molecule has 1 aromatic rings. The molecule has 2 rings (SSSR count). The first-order valence-corrected chi connectivity index (χ1v) is 9.91. The molecule has 1 aliphatic heterocycles. The summed E-state index contributed by atoms with van der Waals surface area (Å²) in [6, 6.07) is 4.33. The summed E-state index contributed by atoms with van der Waals surface area (Å²) in [6.45, 7) is 8.86. The van der Waals surface area contributed by atoms with E-state index in [9.17, 15) is 0 Å². The molecule has 0 aromatic carbocycles. The van der Waals surface area contributed by atoms with Gasteiger partial charge >= 0.3 is 0 Å². The SMILES string of the molecule is CCNC(=NCCCCN1CCCC1)N(C)CCc1cccs1.I. The van der Waals surface area contributed by atoms with Crippen LogP contribution in [0, 0.1) is 0 Å². The van der Waals surface area contributed by atoms with Crippen LogP contribution in [0.5, 0.6) is 0 Å². The third-order valence-electron chi connectivity index (χ3n) is 4.31. The van der Waals surface area contributed by atoms with Crippen LogP contribution in [0.2, 0.25) is 0 Å². The topological polar surface area (TPSA) is 30.9 Å². The molecular formula is C18H33IN4S. The highest BCUT2D eigenvalue weighted by atomic mass is 127. The highest BCUT2D eigenvalue weighted by Crippen LogP contribution is 2.10. The molecule has 138 valence electrons.